The minimum atomic E-state index is -0.601. The maximum Gasteiger partial charge on any atom is 0.495 e. The van der Waals surface area contributed by atoms with Crippen LogP contribution in [0.3, 0.4) is 0 Å². The monoisotopic (exact) mass is 277 g/mol. The summed E-state index contributed by atoms with van der Waals surface area (Å²) in [5.41, 5.74) is 0.909. The first kappa shape index (κ1) is 15.0. The predicted octanol–water partition coefficient (Wildman–Crippen LogP) is 1.48. The zero-order valence-corrected chi connectivity index (χ0v) is 12.8. The Kier molecular flexibility index (Phi) is 3.65. The number of hydrogen-bond acceptors (Lipinski definition) is 5. The summed E-state index contributed by atoms with van der Waals surface area (Å²) in [5.74, 6) is -0.442. The van der Waals surface area contributed by atoms with Crippen molar-refractivity contribution in [3.8, 4) is 0 Å². The quantitative estimate of drug-likeness (QED) is 0.605. The molecule has 1 aromatic heterocycles. The number of carbonyl (C=O) groups is 1. The number of methoxy groups -OCH3 is 1. The molecule has 2 heterocycles. The molecule has 1 aliphatic heterocycles. The molecule has 1 saturated heterocycles. The molecule has 6 heteroatoms. The van der Waals surface area contributed by atoms with E-state index in [1.54, 1.807) is 6.07 Å². The van der Waals surface area contributed by atoms with Gasteiger partial charge in [-0.15, -0.1) is 0 Å². The Labute approximate surface area is 119 Å². The Morgan fingerprint density at radius 1 is 1.25 bits per heavy atom. The van der Waals surface area contributed by atoms with Gasteiger partial charge in [0.25, 0.3) is 0 Å². The fraction of sp³-hybridized carbons (Fsp3) is 0.571. The maximum atomic E-state index is 11.9. The molecule has 2 rings (SSSR count). The van der Waals surface area contributed by atoms with Crippen LogP contribution in [0.15, 0.2) is 12.3 Å². The number of nitrogens with zero attached hydrogens (tertiary/aromatic N) is 1. The van der Waals surface area contributed by atoms with Gasteiger partial charge in [0.05, 0.1) is 23.9 Å². The highest BCUT2D eigenvalue weighted by Gasteiger charge is 2.52. The standard InChI is InChI=1S/C14H20BNO4/c1-9-7-11(10(8-16-9)12(17)18-6)15-19-13(2,3)14(4,5)20-15/h7-8H,1-6H3. The average Bonchev–Trinajstić information content (AvgIpc) is 2.57. The lowest BCUT2D eigenvalue weighted by molar-refractivity contribution is 0.00578. The first-order chi connectivity index (χ1) is 9.18. The van der Waals surface area contributed by atoms with Gasteiger partial charge in [0.1, 0.15) is 0 Å². The highest BCUT2D eigenvalue weighted by atomic mass is 16.7. The minimum Gasteiger partial charge on any atom is -0.465 e. The van der Waals surface area contributed by atoms with Crippen LogP contribution in [0.4, 0.5) is 0 Å². The molecular formula is C14H20BNO4. The van der Waals surface area contributed by atoms with Crippen molar-refractivity contribution >= 4 is 18.6 Å². The van der Waals surface area contributed by atoms with Crippen LogP contribution in [-0.2, 0) is 14.0 Å². The fourth-order valence-electron chi connectivity index (χ4n) is 2.03. The number of ether oxygens (including phenoxy) is 1. The summed E-state index contributed by atoms with van der Waals surface area (Å²) in [6.45, 7) is 9.74. The van der Waals surface area contributed by atoms with E-state index in [0.717, 1.165) is 5.69 Å². The van der Waals surface area contributed by atoms with E-state index in [1.165, 1.54) is 13.3 Å². The molecule has 0 N–H and O–H groups in total. The molecule has 5 nitrogen and oxygen atoms in total. The van der Waals surface area contributed by atoms with Gasteiger partial charge in [0, 0.05) is 17.4 Å². The number of esters is 1. The molecule has 1 aromatic rings. The Bertz CT molecular complexity index is 526. The molecule has 0 saturated carbocycles. The normalized spacial score (nSPS) is 20.0. The van der Waals surface area contributed by atoms with Crippen LogP contribution >= 0.6 is 0 Å². The van der Waals surface area contributed by atoms with Crippen LogP contribution in [0.25, 0.3) is 0 Å². The third-order valence-corrected chi connectivity index (χ3v) is 3.99. The summed E-state index contributed by atoms with van der Waals surface area (Å²) in [5, 5.41) is 0. The molecule has 1 fully saturated rings. The van der Waals surface area contributed by atoms with Gasteiger partial charge in [-0.25, -0.2) is 4.79 Å². The van der Waals surface area contributed by atoms with Gasteiger partial charge < -0.3 is 14.0 Å². The Balaban J connectivity index is 2.44. The van der Waals surface area contributed by atoms with Crippen molar-refractivity contribution in [1.29, 1.82) is 0 Å². The van der Waals surface area contributed by atoms with Gasteiger partial charge in [-0.3, -0.25) is 4.98 Å². The molecule has 1 aliphatic rings. The summed E-state index contributed by atoms with van der Waals surface area (Å²) >= 11 is 0. The summed E-state index contributed by atoms with van der Waals surface area (Å²) < 4.78 is 16.8. The largest absolute Gasteiger partial charge is 0.495 e. The maximum absolute atomic E-state index is 11.9. The highest BCUT2D eigenvalue weighted by molar-refractivity contribution is 6.63. The highest BCUT2D eigenvalue weighted by Crippen LogP contribution is 2.36. The first-order valence-electron chi connectivity index (χ1n) is 6.58. The molecule has 0 spiro atoms. The van der Waals surface area contributed by atoms with Gasteiger partial charge in [-0.2, -0.15) is 0 Å². The van der Waals surface area contributed by atoms with Crippen molar-refractivity contribution in [1.82, 2.24) is 4.98 Å². The van der Waals surface area contributed by atoms with E-state index >= 15 is 0 Å². The second kappa shape index (κ2) is 4.86. The summed E-state index contributed by atoms with van der Waals surface area (Å²) in [7, 11) is 0.742. The number of aromatic nitrogens is 1. The van der Waals surface area contributed by atoms with E-state index in [1.807, 2.05) is 34.6 Å². The molecule has 0 unspecified atom stereocenters. The van der Waals surface area contributed by atoms with Crippen molar-refractivity contribution in [3.05, 3.63) is 23.5 Å². The van der Waals surface area contributed by atoms with E-state index in [2.05, 4.69) is 4.98 Å². The lowest BCUT2D eigenvalue weighted by atomic mass is 9.76. The van der Waals surface area contributed by atoms with Crippen LogP contribution in [0.5, 0.6) is 0 Å². The zero-order valence-electron chi connectivity index (χ0n) is 12.8. The summed E-state index contributed by atoms with van der Waals surface area (Å²) in [6, 6.07) is 1.80. The van der Waals surface area contributed by atoms with E-state index in [0.29, 0.717) is 11.0 Å². The molecule has 0 bridgehead atoms. The van der Waals surface area contributed by atoms with Crippen LogP contribution in [0.2, 0.25) is 0 Å². The Morgan fingerprint density at radius 2 is 1.80 bits per heavy atom. The number of aryl methyl sites for hydroxylation is 1. The van der Waals surface area contributed by atoms with E-state index in [-0.39, 0.29) is 0 Å². The molecule has 0 aromatic carbocycles. The molecule has 0 aliphatic carbocycles. The van der Waals surface area contributed by atoms with Crippen LogP contribution < -0.4 is 5.46 Å². The third-order valence-electron chi connectivity index (χ3n) is 3.99. The van der Waals surface area contributed by atoms with Gasteiger partial charge in [-0.05, 0) is 40.7 Å². The van der Waals surface area contributed by atoms with Crippen molar-refractivity contribution in [2.45, 2.75) is 45.8 Å². The average molecular weight is 277 g/mol. The molecule has 108 valence electrons. The number of pyridine rings is 1. The van der Waals surface area contributed by atoms with Crippen molar-refractivity contribution in [2.75, 3.05) is 7.11 Å². The second-order valence-electron chi connectivity index (χ2n) is 5.99. The summed E-state index contributed by atoms with van der Waals surface area (Å²) in [4.78, 5) is 16.0. The third kappa shape index (κ3) is 2.45. The van der Waals surface area contributed by atoms with Crippen LogP contribution in [-0.4, -0.2) is 36.4 Å². The van der Waals surface area contributed by atoms with Gasteiger partial charge in [0.15, 0.2) is 0 Å². The van der Waals surface area contributed by atoms with Crippen molar-refractivity contribution < 1.29 is 18.8 Å². The van der Waals surface area contributed by atoms with Crippen LogP contribution in [0, 0.1) is 6.92 Å². The number of rotatable bonds is 2. The Hall–Kier alpha value is -1.40. The molecule has 20 heavy (non-hydrogen) atoms. The smallest absolute Gasteiger partial charge is 0.465 e. The number of carbonyl (C=O) groups excluding carboxylic acids is 1. The molecule has 0 atom stereocenters. The fourth-order valence-corrected chi connectivity index (χ4v) is 2.03. The predicted molar refractivity (Wildman–Crippen MR) is 76.0 cm³/mol. The van der Waals surface area contributed by atoms with Gasteiger partial charge in [-0.1, -0.05) is 0 Å². The van der Waals surface area contributed by atoms with E-state index in [4.69, 9.17) is 14.0 Å². The lowest BCUT2D eigenvalue weighted by Crippen LogP contribution is -2.41. The molecule has 0 amide bonds. The van der Waals surface area contributed by atoms with Crippen molar-refractivity contribution in [3.63, 3.8) is 0 Å². The van der Waals surface area contributed by atoms with Gasteiger partial charge in [0.2, 0.25) is 0 Å². The Morgan fingerprint density at radius 3 is 2.30 bits per heavy atom. The van der Waals surface area contributed by atoms with Crippen LogP contribution in [0.1, 0.15) is 43.7 Å². The minimum absolute atomic E-state index is 0.372. The van der Waals surface area contributed by atoms with E-state index in [9.17, 15) is 4.79 Å². The zero-order chi connectivity index (χ0) is 15.1. The van der Waals surface area contributed by atoms with Crippen molar-refractivity contribution in [2.24, 2.45) is 0 Å². The molecule has 0 radical (unpaired) electrons. The lowest BCUT2D eigenvalue weighted by Gasteiger charge is -2.32. The SMILES string of the molecule is COC(=O)c1cnc(C)cc1B1OC(C)(C)C(C)(C)O1. The summed E-state index contributed by atoms with van der Waals surface area (Å²) in [6.07, 6.45) is 1.50. The molecular weight excluding hydrogens is 257 g/mol. The van der Waals surface area contributed by atoms with Gasteiger partial charge >= 0.3 is 13.1 Å². The number of hydrogen-bond donors (Lipinski definition) is 0. The van der Waals surface area contributed by atoms with E-state index < -0.39 is 24.3 Å². The topological polar surface area (TPSA) is 57.7 Å². The second-order valence-corrected chi connectivity index (χ2v) is 5.99. The first-order valence-corrected chi connectivity index (χ1v) is 6.58.